The zero-order valence-electron chi connectivity index (χ0n) is 8.77. The van der Waals surface area contributed by atoms with E-state index >= 15 is 0 Å². The van der Waals surface area contributed by atoms with Crippen molar-refractivity contribution in [2.45, 2.75) is 25.4 Å². The lowest BCUT2D eigenvalue weighted by molar-refractivity contribution is -0.125. The van der Waals surface area contributed by atoms with Gasteiger partial charge in [-0.05, 0) is 12.5 Å². The first-order valence-electron chi connectivity index (χ1n) is 5.08. The minimum Gasteiger partial charge on any atom is -0.375 e. The first kappa shape index (κ1) is 10.2. The zero-order valence-corrected chi connectivity index (χ0v) is 8.77. The lowest BCUT2D eigenvalue weighted by Gasteiger charge is -2.24. The van der Waals surface area contributed by atoms with Crippen molar-refractivity contribution in [2.75, 3.05) is 13.7 Å². The number of hydrogen-bond donors (Lipinski definition) is 1. The van der Waals surface area contributed by atoms with Crippen molar-refractivity contribution < 1.29 is 9.53 Å². The van der Waals surface area contributed by atoms with E-state index in [2.05, 4.69) is 10.4 Å². The van der Waals surface area contributed by atoms with Gasteiger partial charge >= 0.3 is 0 Å². The topological polar surface area (TPSA) is 56.1 Å². The third kappa shape index (κ3) is 2.36. The van der Waals surface area contributed by atoms with E-state index < -0.39 is 0 Å². The van der Waals surface area contributed by atoms with Gasteiger partial charge in [-0.3, -0.25) is 9.48 Å². The van der Waals surface area contributed by atoms with Crippen LogP contribution in [0.3, 0.4) is 0 Å². The predicted octanol–water partition coefficient (Wildman–Crippen LogP) is -0.0395. The highest BCUT2D eigenvalue weighted by Crippen LogP contribution is 2.13. The number of rotatable bonds is 3. The minimum absolute atomic E-state index is 0.0459. The van der Waals surface area contributed by atoms with Crippen molar-refractivity contribution in [1.82, 2.24) is 15.1 Å². The molecule has 15 heavy (non-hydrogen) atoms. The maximum absolute atomic E-state index is 11.3. The van der Waals surface area contributed by atoms with Crippen LogP contribution in [-0.4, -0.2) is 35.4 Å². The number of carbonyl (C=O) groups excluding carboxylic acids is 1. The number of carbonyl (C=O) groups is 1. The fraction of sp³-hybridized carbons (Fsp3) is 0.600. The molecule has 1 aromatic rings. The second-order valence-corrected chi connectivity index (χ2v) is 3.74. The van der Waals surface area contributed by atoms with Gasteiger partial charge in [-0.2, -0.15) is 5.10 Å². The van der Waals surface area contributed by atoms with Crippen molar-refractivity contribution in [3.63, 3.8) is 0 Å². The van der Waals surface area contributed by atoms with E-state index in [-0.39, 0.29) is 18.6 Å². The summed E-state index contributed by atoms with van der Waals surface area (Å²) in [5, 5.41) is 7.13. The molecule has 5 nitrogen and oxygen atoms in total. The predicted molar refractivity (Wildman–Crippen MR) is 54.4 cm³/mol. The molecule has 0 aromatic carbocycles. The van der Waals surface area contributed by atoms with Gasteiger partial charge in [0.1, 0.15) is 6.61 Å². The molecule has 1 atom stereocenters. The number of amides is 1. The molecular formula is C10H15N3O2. The van der Waals surface area contributed by atoms with E-state index in [1.807, 2.05) is 10.7 Å². The van der Waals surface area contributed by atoms with Crippen LogP contribution >= 0.6 is 0 Å². The number of aryl methyl sites for hydroxylation is 1. The Hall–Kier alpha value is -1.36. The maximum atomic E-state index is 11.3. The van der Waals surface area contributed by atoms with Crippen molar-refractivity contribution in [2.24, 2.45) is 0 Å². The van der Waals surface area contributed by atoms with Crippen LogP contribution in [-0.2, 0) is 22.5 Å². The summed E-state index contributed by atoms with van der Waals surface area (Å²) in [6, 6.07) is 2.21. The Kier molecular flexibility index (Phi) is 3.01. The summed E-state index contributed by atoms with van der Waals surface area (Å²) >= 11 is 0. The Morgan fingerprint density at radius 2 is 2.67 bits per heavy atom. The molecule has 1 aliphatic heterocycles. The molecule has 1 amide bonds. The molecule has 1 aliphatic rings. The van der Waals surface area contributed by atoms with Gasteiger partial charge in [-0.1, -0.05) is 0 Å². The van der Waals surface area contributed by atoms with Crippen LogP contribution in [0.25, 0.3) is 0 Å². The van der Waals surface area contributed by atoms with Gasteiger partial charge in [0.05, 0.1) is 0 Å². The summed E-state index contributed by atoms with van der Waals surface area (Å²) in [4.78, 5) is 11.3. The Balaban J connectivity index is 1.90. The average molecular weight is 209 g/mol. The normalized spacial score (nSPS) is 19.7. The molecule has 0 radical (unpaired) electrons. The van der Waals surface area contributed by atoms with Gasteiger partial charge in [-0.15, -0.1) is 0 Å². The summed E-state index contributed by atoms with van der Waals surface area (Å²) in [5.74, 6) is -0.0459. The van der Waals surface area contributed by atoms with Gasteiger partial charge in [0.2, 0.25) is 5.91 Å². The number of nitrogens with zero attached hydrogens (tertiary/aromatic N) is 2. The summed E-state index contributed by atoms with van der Waals surface area (Å²) in [7, 11) is 1.52. The van der Waals surface area contributed by atoms with Crippen LogP contribution < -0.4 is 5.32 Å². The molecule has 0 aliphatic carbocycles. The maximum Gasteiger partial charge on any atom is 0.246 e. The molecule has 0 bridgehead atoms. The lowest BCUT2D eigenvalue weighted by atomic mass is 10.0. The molecule has 0 saturated carbocycles. The lowest BCUT2D eigenvalue weighted by Crippen LogP contribution is -2.41. The summed E-state index contributed by atoms with van der Waals surface area (Å²) in [5.41, 5.74) is 1.18. The SMILES string of the molecule is COCC(=O)NC1CCn2nccc2C1. The average Bonchev–Trinajstić information content (AvgIpc) is 2.65. The number of fused-ring (bicyclic) bond motifs is 1. The van der Waals surface area contributed by atoms with Crippen molar-refractivity contribution in [1.29, 1.82) is 0 Å². The highest BCUT2D eigenvalue weighted by atomic mass is 16.5. The van der Waals surface area contributed by atoms with Crippen LogP contribution in [0.1, 0.15) is 12.1 Å². The number of hydrogen-bond acceptors (Lipinski definition) is 3. The van der Waals surface area contributed by atoms with Gasteiger partial charge in [0.15, 0.2) is 0 Å². The highest BCUT2D eigenvalue weighted by Gasteiger charge is 2.19. The molecular weight excluding hydrogens is 194 g/mol. The van der Waals surface area contributed by atoms with Crippen LogP contribution in [0.5, 0.6) is 0 Å². The number of aromatic nitrogens is 2. The molecule has 1 aromatic heterocycles. The summed E-state index contributed by atoms with van der Waals surface area (Å²) < 4.78 is 6.76. The fourth-order valence-electron chi connectivity index (χ4n) is 1.89. The molecule has 1 N–H and O–H groups in total. The van der Waals surface area contributed by atoms with E-state index in [0.29, 0.717) is 0 Å². The molecule has 5 heteroatoms. The Labute approximate surface area is 88.4 Å². The van der Waals surface area contributed by atoms with Crippen LogP contribution in [0.4, 0.5) is 0 Å². The molecule has 0 saturated heterocycles. The van der Waals surface area contributed by atoms with Crippen molar-refractivity contribution >= 4 is 5.91 Å². The van der Waals surface area contributed by atoms with E-state index in [9.17, 15) is 4.79 Å². The second kappa shape index (κ2) is 4.44. The number of ether oxygens (including phenoxy) is 1. The first-order valence-corrected chi connectivity index (χ1v) is 5.08. The smallest absolute Gasteiger partial charge is 0.246 e. The van der Waals surface area contributed by atoms with E-state index in [1.54, 1.807) is 6.20 Å². The number of nitrogens with one attached hydrogen (secondary N) is 1. The third-order valence-corrected chi connectivity index (χ3v) is 2.59. The van der Waals surface area contributed by atoms with Crippen molar-refractivity contribution in [3.05, 3.63) is 18.0 Å². The fourth-order valence-corrected chi connectivity index (χ4v) is 1.89. The van der Waals surface area contributed by atoms with Gasteiger partial charge in [0, 0.05) is 38.0 Å². The zero-order chi connectivity index (χ0) is 10.7. The highest BCUT2D eigenvalue weighted by molar-refractivity contribution is 5.77. The Morgan fingerprint density at radius 3 is 3.47 bits per heavy atom. The molecule has 82 valence electrons. The van der Waals surface area contributed by atoms with E-state index in [0.717, 1.165) is 19.4 Å². The standard InChI is InChI=1S/C10H15N3O2/c1-15-7-10(14)12-8-3-5-13-9(6-8)2-4-11-13/h2,4,8H,3,5-7H2,1H3,(H,12,14). The van der Waals surface area contributed by atoms with Crippen LogP contribution in [0, 0.1) is 0 Å². The quantitative estimate of drug-likeness (QED) is 0.760. The minimum atomic E-state index is -0.0459. The molecule has 2 rings (SSSR count). The number of methoxy groups -OCH3 is 1. The molecule has 0 spiro atoms. The van der Waals surface area contributed by atoms with Gasteiger partial charge in [-0.25, -0.2) is 0 Å². The van der Waals surface area contributed by atoms with E-state index in [4.69, 9.17) is 4.74 Å². The Morgan fingerprint density at radius 1 is 1.80 bits per heavy atom. The summed E-state index contributed by atoms with van der Waals surface area (Å²) in [6.07, 6.45) is 3.59. The van der Waals surface area contributed by atoms with Gasteiger partial charge in [0.25, 0.3) is 0 Å². The third-order valence-electron chi connectivity index (χ3n) is 2.59. The second-order valence-electron chi connectivity index (χ2n) is 3.74. The first-order chi connectivity index (χ1) is 7.29. The van der Waals surface area contributed by atoms with Crippen LogP contribution in [0.2, 0.25) is 0 Å². The molecule has 1 unspecified atom stereocenters. The summed E-state index contributed by atoms with van der Waals surface area (Å²) in [6.45, 7) is 1.01. The largest absolute Gasteiger partial charge is 0.375 e. The monoisotopic (exact) mass is 209 g/mol. The Bertz CT molecular complexity index is 348. The van der Waals surface area contributed by atoms with Crippen LogP contribution in [0.15, 0.2) is 12.3 Å². The van der Waals surface area contributed by atoms with E-state index in [1.165, 1.54) is 12.8 Å². The molecule has 2 heterocycles. The molecule has 0 fully saturated rings. The van der Waals surface area contributed by atoms with Crippen molar-refractivity contribution in [3.8, 4) is 0 Å². The van der Waals surface area contributed by atoms with Gasteiger partial charge < -0.3 is 10.1 Å².